The number of hydrogen-bond donors (Lipinski definition) is 1. The SMILES string of the molecule is COc1ccc(C(=O)Nc2ccc(I)cc2)cc1COCc1ccccc1. The molecule has 0 aromatic heterocycles. The molecule has 3 rings (SSSR count). The maximum atomic E-state index is 12.6. The van der Waals surface area contributed by atoms with Crippen LogP contribution in [0, 0.1) is 3.57 Å². The molecule has 138 valence electrons. The summed E-state index contributed by atoms with van der Waals surface area (Å²) in [7, 11) is 1.61. The molecule has 0 spiro atoms. The largest absolute Gasteiger partial charge is 0.496 e. The molecule has 4 nitrogen and oxygen atoms in total. The summed E-state index contributed by atoms with van der Waals surface area (Å²) in [6, 6.07) is 23.0. The molecule has 1 N–H and O–H groups in total. The Balaban J connectivity index is 1.68. The van der Waals surface area contributed by atoms with Gasteiger partial charge in [-0.3, -0.25) is 4.79 Å². The Hall–Kier alpha value is -2.38. The van der Waals surface area contributed by atoms with E-state index in [-0.39, 0.29) is 5.91 Å². The second-order valence-corrected chi connectivity index (χ2v) is 7.21. The molecular weight excluding hydrogens is 453 g/mol. The lowest BCUT2D eigenvalue weighted by molar-refractivity contribution is 0.102. The molecule has 0 saturated carbocycles. The average molecular weight is 473 g/mol. The molecule has 1 amide bonds. The molecule has 3 aromatic carbocycles. The molecule has 3 aromatic rings. The Kier molecular flexibility index (Phi) is 6.84. The van der Waals surface area contributed by atoms with Crippen LogP contribution >= 0.6 is 22.6 Å². The Morgan fingerprint density at radius 1 is 0.963 bits per heavy atom. The van der Waals surface area contributed by atoms with Gasteiger partial charge in [-0.05, 0) is 70.6 Å². The molecule has 0 heterocycles. The predicted octanol–water partition coefficient (Wildman–Crippen LogP) is 5.27. The van der Waals surface area contributed by atoms with Gasteiger partial charge in [-0.15, -0.1) is 0 Å². The highest BCUT2D eigenvalue weighted by molar-refractivity contribution is 14.1. The number of methoxy groups -OCH3 is 1. The number of rotatable bonds is 7. The van der Waals surface area contributed by atoms with E-state index in [2.05, 4.69) is 27.9 Å². The summed E-state index contributed by atoms with van der Waals surface area (Å²) in [5.74, 6) is 0.539. The molecule has 0 radical (unpaired) electrons. The van der Waals surface area contributed by atoms with Crippen molar-refractivity contribution in [3.8, 4) is 5.75 Å². The minimum Gasteiger partial charge on any atom is -0.496 e. The summed E-state index contributed by atoms with van der Waals surface area (Å²) in [5.41, 5.74) is 3.26. The van der Waals surface area contributed by atoms with Crippen molar-refractivity contribution < 1.29 is 14.3 Å². The van der Waals surface area contributed by atoms with E-state index in [4.69, 9.17) is 9.47 Å². The van der Waals surface area contributed by atoms with Gasteiger partial charge in [0.2, 0.25) is 0 Å². The summed E-state index contributed by atoms with van der Waals surface area (Å²) >= 11 is 2.23. The Morgan fingerprint density at radius 2 is 1.70 bits per heavy atom. The quantitative estimate of drug-likeness (QED) is 0.476. The third-order valence-electron chi connectivity index (χ3n) is 4.01. The van der Waals surface area contributed by atoms with Crippen LogP contribution in [0.3, 0.4) is 0 Å². The topological polar surface area (TPSA) is 47.6 Å². The number of hydrogen-bond acceptors (Lipinski definition) is 3. The highest BCUT2D eigenvalue weighted by Crippen LogP contribution is 2.22. The Bertz CT molecular complexity index is 895. The minimum absolute atomic E-state index is 0.164. The van der Waals surface area contributed by atoms with E-state index in [1.165, 1.54) is 0 Å². The fraction of sp³-hybridized carbons (Fsp3) is 0.136. The highest BCUT2D eigenvalue weighted by Gasteiger charge is 2.11. The summed E-state index contributed by atoms with van der Waals surface area (Å²) in [5, 5.41) is 2.91. The zero-order valence-corrected chi connectivity index (χ0v) is 17.1. The molecule has 0 unspecified atom stereocenters. The van der Waals surface area contributed by atoms with Crippen molar-refractivity contribution >= 4 is 34.2 Å². The highest BCUT2D eigenvalue weighted by atomic mass is 127. The lowest BCUT2D eigenvalue weighted by Crippen LogP contribution is -2.12. The third-order valence-corrected chi connectivity index (χ3v) is 4.73. The van der Waals surface area contributed by atoms with Crippen molar-refractivity contribution in [2.45, 2.75) is 13.2 Å². The van der Waals surface area contributed by atoms with Crippen LogP contribution in [-0.4, -0.2) is 13.0 Å². The van der Waals surface area contributed by atoms with E-state index in [0.29, 0.717) is 24.5 Å². The van der Waals surface area contributed by atoms with Crippen LogP contribution in [-0.2, 0) is 18.0 Å². The summed E-state index contributed by atoms with van der Waals surface area (Å²) < 4.78 is 12.3. The van der Waals surface area contributed by atoms with Gasteiger partial charge in [-0.25, -0.2) is 0 Å². The van der Waals surface area contributed by atoms with E-state index in [9.17, 15) is 4.79 Å². The van der Waals surface area contributed by atoms with Gasteiger partial charge in [-0.1, -0.05) is 30.3 Å². The molecule has 0 aliphatic heterocycles. The minimum atomic E-state index is -0.164. The van der Waals surface area contributed by atoms with Crippen LogP contribution in [0.1, 0.15) is 21.5 Å². The Morgan fingerprint density at radius 3 is 2.41 bits per heavy atom. The zero-order valence-electron chi connectivity index (χ0n) is 14.9. The van der Waals surface area contributed by atoms with E-state index in [1.807, 2.05) is 60.7 Å². The molecule has 0 aliphatic rings. The lowest BCUT2D eigenvalue weighted by Gasteiger charge is -2.12. The van der Waals surface area contributed by atoms with Gasteiger partial charge in [0.05, 0.1) is 20.3 Å². The van der Waals surface area contributed by atoms with Crippen molar-refractivity contribution in [2.75, 3.05) is 12.4 Å². The van der Waals surface area contributed by atoms with Gasteiger partial charge in [0.25, 0.3) is 5.91 Å². The Labute approximate surface area is 172 Å². The monoisotopic (exact) mass is 473 g/mol. The standard InChI is InChI=1S/C22H20INO3/c1-26-21-12-7-17(22(25)24-20-10-8-19(23)9-11-20)13-18(21)15-27-14-16-5-3-2-4-6-16/h2-13H,14-15H2,1H3,(H,24,25). The predicted molar refractivity (Wildman–Crippen MR) is 115 cm³/mol. The van der Waals surface area contributed by atoms with E-state index >= 15 is 0 Å². The number of carbonyl (C=O) groups is 1. The van der Waals surface area contributed by atoms with Gasteiger partial charge in [0.1, 0.15) is 5.75 Å². The molecule has 0 atom stereocenters. The summed E-state index contributed by atoms with van der Waals surface area (Å²) in [4.78, 5) is 12.6. The summed E-state index contributed by atoms with van der Waals surface area (Å²) in [6.07, 6.45) is 0. The number of nitrogens with one attached hydrogen (secondary N) is 1. The first kappa shape index (κ1) is 19.4. The molecule has 27 heavy (non-hydrogen) atoms. The normalized spacial score (nSPS) is 10.4. The molecule has 0 aliphatic carbocycles. The van der Waals surface area contributed by atoms with Crippen LogP contribution in [0.4, 0.5) is 5.69 Å². The molecule has 5 heteroatoms. The number of anilines is 1. The van der Waals surface area contributed by atoms with Crippen LogP contribution in [0.15, 0.2) is 72.8 Å². The lowest BCUT2D eigenvalue weighted by atomic mass is 10.1. The van der Waals surface area contributed by atoms with E-state index in [1.54, 1.807) is 19.2 Å². The number of benzene rings is 3. The third kappa shape index (κ3) is 5.55. The van der Waals surface area contributed by atoms with Gasteiger partial charge in [0, 0.05) is 20.4 Å². The molecule has 0 bridgehead atoms. The van der Waals surface area contributed by atoms with Gasteiger partial charge in [0.15, 0.2) is 0 Å². The van der Waals surface area contributed by atoms with Gasteiger partial charge in [-0.2, -0.15) is 0 Å². The fourth-order valence-electron chi connectivity index (χ4n) is 2.62. The van der Waals surface area contributed by atoms with E-state index in [0.717, 1.165) is 20.4 Å². The maximum absolute atomic E-state index is 12.6. The summed E-state index contributed by atoms with van der Waals surface area (Å²) in [6.45, 7) is 0.867. The van der Waals surface area contributed by atoms with Crippen molar-refractivity contribution in [2.24, 2.45) is 0 Å². The van der Waals surface area contributed by atoms with Crippen LogP contribution in [0.5, 0.6) is 5.75 Å². The maximum Gasteiger partial charge on any atom is 0.255 e. The van der Waals surface area contributed by atoms with Crippen LogP contribution < -0.4 is 10.1 Å². The number of carbonyl (C=O) groups excluding carboxylic acids is 1. The van der Waals surface area contributed by atoms with Gasteiger partial charge >= 0.3 is 0 Å². The van der Waals surface area contributed by atoms with Crippen molar-refractivity contribution in [3.05, 3.63) is 93.1 Å². The molecular formula is C22H20INO3. The van der Waals surface area contributed by atoms with E-state index < -0.39 is 0 Å². The number of amides is 1. The van der Waals surface area contributed by atoms with Crippen molar-refractivity contribution in [1.82, 2.24) is 0 Å². The zero-order chi connectivity index (χ0) is 19.1. The van der Waals surface area contributed by atoms with Crippen LogP contribution in [0.25, 0.3) is 0 Å². The first-order valence-corrected chi connectivity index (χ1v) is 9.59. The fourth-order valence-corrected chi connectivity index (χ4v) is 2.98. The van der Waals surface area contributed by atoms with Crippen LogP contribution in [0.2, 0.25) is 0 Å². The van der Waals surface area contributed by atoms with Crippen molar-refractivity contribution in [1.29, 1.82) is 0 Å². The molecule has 0 saturated heterocycles. The average Bonchev–Trinajstić information content (AvgIpc) is 2.70. The second kappa shape index (κ2) is 9.53. The smallest absolute Gasteiger partial charge is 0.255 e. The number of halogens is 1. The number of ether oxygens (including phenoxy) is 2. The first-order valence-electron chi connectivity index (χ1n) is 8.51. The van der Waals surface area contributed by atoms with Crippen molar-refractivity contribution in [3.63, 3.8) is 0 Å². The first-order chi connectivity index (χ1) is 13.2. The van der Waals surface area contributed by atoms with Gasteiger partial charge < -0.3 is 14.8 Å². The second-order valence-electron chi connectivity index (χ2n) is 5.97. The molecule has 0 fully saturated rings.